The first kappa shape index (κ1) is 13.9. The maximum Gasteiger partial charge on any atom is 0.273 e. The number of pyridine rings is 1. The maximum atomic E-state index is 12.6. The van der Waals surface area contributed by atoms with E-state index in [0.717, 1.165) is 19.5 Å². The van der Waals surface area contributed by atoms with Crippen LogP contribution in [0.15, 0.2) is 18.2 Å². The molecule has 0 N–H and O–H groups in total. The molecule has 3 atom stereocenters. The molecule has 3 rings (SSSR count). The summed E-state index contributed by atoms with van der Waals surface area (Å²) in [7, 11) is 1.43. The molecule has 2 saturated heterocycles. The lowest BCUT2D eigenvalue weighted by molar-refractivity contribution is -0.0230. The molecule has 0 radical (unpaired) electrons. The van der Waals surface area contributed by atoms with Gasteiger partial charge in [-0.2, -0.15) is 0 Å². The number of carbonyl (C=O) groups excluding carboxylic acids is 1. The average molecular weight is 311 g/mol. The number of amides is 1. The van der Waals surface area contributed by atoms with Gasteiger partial charge in [-0.1, -0.05) is 15.7 Å². The SMILES string of the molecule is COc1cccc(C(=O)N2C3CC2CN(S(C)=S)C3)n1. The third-order valence-electron chi connectivity index (χ3n) is 3.91. The molecule has 7 heteroatoms. The number of aromatic nitrogens is 1. The second-order valence-electron chi connectivity index (χ2n) is 5.09. The molecule has 1 aromatic heterocycles. The Kier molecular flexibility index (Phi) is 3.74. The average Bonchev–Trinajstić information content (AvgIpc) is 2.47. The monoisotopic (exact) mass is 311 g/mol. The molecule has 0 spiro atoms. The summed E-state index contributed by atoms with van der Waals surface area (Å²) in [4.78, 5) is 18.7. The molecule has 1 amide bonds. The largest absolute Gasteiger partial charge is 0.481 e. The van der Waals surface area contributed by atoms with Crippen molar-refractivity contribution in [3.05, 3.63) is 23.9 Å². The molecule has 2 aliphatic rings. The number of rotatable bonds is 3. The number of hydrogen-bond acceptors (Lipinski definition) is 4. The number of fused-ring (bicyclic) bond motifs is 2. The van der Waals surface area contributed by atoms with Crippen LogP contribution in [0.5, 0.6) is 5.88 Å². The van der Waals surface area contributed by atoms with Crippen molar-refractivity contribution >= 4 is 26.7 Å². The molecule has 2 aliphatic heterocycles. The van der Waals surface area contributed by atoms with Gasteiger partial charge in [-0.3, -0.25) is 4.79 Å². The standard InChI is InChI=1S/C13H17N3O2S2/c1-18-12-5-3-4-11(14-12)13(17)16-9-6-10(16)8-15(7-9)20(2)19/h3-5,9-10H,6-8H2,1-2H3. The Bertz CT molecular complexity index is 554. The van der Waals surface area contributed by atoms with Crippen LogP contribution in [0, 0.1) is 0 Å². The number of ether oxygens (including phenoxy) is 1. The second kappa shape index (κ2) is 5.38. The molecule has 0 aromatic carbocycles. The fourth-order valence-corrected chi connectivity index (χ4v) is 4.02. The van der Waals surface area contributed by atoms with Crippen molar-refractivity contribution in [2.75, 3.05) is 26.5 Å². The molecule has 0 aliphatic carbocycles. The minimum Gasteiger partial charge on any atom is -0.481 e. The highest BCUT2D eigenvalue weighted by molar-refractivity contribution is 8.27. The van der Waals surface area contributed by atoms with Gasteiger partial charge in [0.1, 0.15) is 5.69 Å². The highest BCUT2D eigenvalue weighted by atomic mass is 32.8. The van der Waals surface area contributed by atoms with Crippen molar-refractivity contribution in [3.8, 4) is 5.88 Å². The third-order valence-corrected chi connectivity index (χ3v) is 5.57. The topological polar surface area (TPSA) is 45.7 Å². The quantitative estimate of drug-likeness (QED) is 0.819. The van der Waals surface area contributed by atoms with Gasteiger partial charge in [-0.15, -0.1) is 0 Å². The Hall–Kier alpha value is -1.05. The molecule has 3 unspecified atom stereocenters. The third kappa shape index (κ3) is 2.34. The molecule has 20 heavy (non-hydrogen) atoms. The van der Waals surface area contributed by atoms with Gasteiger partial charge in [0, 0.05) is 37.5 Å². The number of methoxy groups -OCH3 is 1. The summed E-state index contributed by atoms with van der Waals surface area (Å²) in [6, 6.07) is 5.86. The number of piperidine rings is 1. The Morgan fingerprint density at radius 1 is 1.45 bits per heavy atom. The molecule has 5 nitrogen and oxygen atoms in total. The van der Waals surface area contributed by atoms with Crippen molar-refractivity contribution in [1.29, 1.82) is 0 Å². The predicted octanol–water partition coefficient (Wildman–Crippen LogP) is 0.614. The minimum absolute atomic E-state index is 0.00477. The van der Waals surface area contributed by atoms with Crippen LogP contribution < -0.4 is 4.74 Å². The van der Waals surface area contributed by atoms with Gasteiger partial charge < -0.3 is 9.64 Å². The van der Waals surface area contributed by atoms with Gasteiger partial charge in [-0.05, 0) is 23.7 Å². The number of hydrogen-bond donors (Lipinski definition) is 0. The summed E-state index contributed by atoms with van der Waals surface area (Å²) in [6.07, 6.45) is 3.13. The van der Waals surface area contributed by atoms with Gasteiger partial charge in [0.15, 0.2) is 0 Å². The van der Waals surface area contributed by atoms with E-state index in [1.54, 1.807) is 25.3 Å². The first-order valence-electron chi connectivity index (χ1n) is 6.52. The summed E-state index contributed by atoms with van der Waals surface area (Å²) >= 11 is 5.32. The van der Waals surface area contributed by atoms with E-state index in [-0.39, 0.29) is 27.6 Å². The van der Waals surface area contributed by atoms with Crippen LogP contribution in [0.4, 0.5) is 0 Å². The van der Waals surface area contributed by atoms with Crippen LogP contribution in [0.1, 0.15) is 16.9 Å². The Labute approximate surface area is 125 Å². The second-order valence-corrected chi connectivity index (χ2v) is 7.90. The summed E-state index contributed by atoms with van der Waals surface area (Å²) < 4.78 is 7.36. The predicted molar refractivity (Wildman–Crippen MR) is 81.4 cm³/mol. The number of piperazine rings is 1. The van der Waals surface area contributed by atoms with Crippen molar-refractivity contribution in [2.45, 2.75) is 18.5 Å². The van der Waals surface area contributed by atoms with Crippen molar-refractivity contribution in [3.63, 3.8) is 0 Å². The maximum absolute atomic E-state index is 12.6. The lowest BCUT2D eigenvalue weighted by Gasteiger charge is -2.55. The Morgan fingerprint density at radius 3 is 2.75 bits per heavy atom. The number of likely N-dealkylation sites (tertiary alicyclic amines) is 1. The van der Waals surface area contributed by atoms with E-state index in [1.165, 1.54) is 0 Å². The summed E-state index contributed by atoms with van der Waals surface area (Å²) in [5.41, 5.74) is 0.460. The van der Waals surface area contributed by atoms with E-state index in [0.29, 0.717) is 11.6 Å². The molecule has 2 fully saturated rings. The van der Waals surface area contributed by atoms with Crippen LogP contribution in [0.2, 0.25) is 0 Å². The molecule has 3 heterocycles. The molecule has 2 bridgehead atoms. The highest BCUT2D eigenvalue weighted by Gasteiger charge is 2.47. The summed E-state index contributed by atoms with van der Waals surface area (Å²) in [5, 5.41) is 0. The highest BCUT2D eigenvalue weighted by Crippen LogP contribution is 2.34. The molecule has 0 saturated carbocycles. The van der Waals surface area contributed by atoms with E-state index < -0.39 is 0 Å². The van der Waals surface area contributed by atoms with Gasteiger partial charge >= 0.3 is 0 Å². The van der Waals surface area contributed by atoms with Crippen molar-refractivity contribution in [1.82, 2.24) is 14.2 Å². The minimum atomic E-state index is -0.127. The normalized spacial score (nSPS) is 26.8. The lowest BCUT2D eigenvalue weighted by Crippen LogP contribution is -2.70. The molecular formula is C13H17N3O2S2. The van der Waals surface area contributed by atoms with E-state index in [1.807, 2.05) is 4.90 Å². The fourth-order valence-electron chi connectivity index (χ4n) is 2.89. The Balaban J connectivity index is 1.75. The fraction of sp³-hybridized carbons (Fsp3) is 0.538. The van der Waals surface area contributed by atoms with Crippen LogP contribution in [-0.2, 0) is 20.8 Å². The van der Waals surface area contributed by atoms with E-state index >= 15 is 0 Å². The van der Waals surface area contributed by atoms with Crippen LogP contribution in [0.25, 0.3) is 0 Å². The first-order chi connectivity index (χ1) is 9.60. The van der Waals surface area contributed by atoms with Crippen LogP contribution in [-0.4, -0.2) is 58.6 Å². The number of carbonyl (C=O) groups is 1. The summed E-state index contributed by atoms with van der Waals surface area (Å²) in [5.74, 6) is 0.481. The van der Waals surface area contributed by atoms with E-state index in [9.17, 15) is 4.79 Å². The van der Waals surface area contributed by atoms with Crippen LogP contribution >= 0.6 is 0 Å². The molecular weight excluding hydrogens is 294 g/mol. The lowest BCUT2D eigenvalue weighted by atomic mass is 9.88. The van der Waals surface area contributed by atoms with Crippen LogP contribution in [0.3, 0.4) is 0 Å². The summed E-state index contributed by atoms with van der Waals surface area (Å²) in [6.45, 7) is 1.77. The zero-order valence-electron chi connectivity index (χ0n) is 11.5. The van der Waals surface area contributed by atoms with E-state index in [4.69, 9.17) is 15.9 Å². The van der Waals surface area contributed by atoms with Crippen molar-refractivity contribution < 1.29 is 9.53 Å². The van der Waals surface area contributed by atoms with Crippen molar-refractivity contribution in [2.24, 2.45) is 0 Å². The molecule has 108 valence electrons. The zero-order valence-corrected chi connectivity index (χ0v) is 13.1. The van der Waals surface area contributed by atoms with Gasteiger partial charge in [0.25, 0.3) is 5.91 Å². The van der Waals surface area contributed by atoms with E-state index in [2.05, 4.69) is 15.5 Å². The zero-order chi connectivity index (χ0) is 14.3. The van der Waals surface area contributed by atoms with Gasteiger partial charge in [0.2, 0.25) is 5.88 Å². The molecule has 1 aromatic rings. The smallest absolute Gasteiger partial charge is 0.273 e. The number of nitrogens with zero attached hydrogens (tertiary/aromatic N) is 3. The first-order valence-corrected chi connectivity index (χ1v) is 9.04. The Morgan fingerprint density at radius 2 is 2.15 bits per heavy atom. The van der Waals surface area contributed by atoms with Gasteiger partial charge in [0.05, 0.1) is 7.11 Å². The van der Waals surface area contributed by atoms with Gasteiger partial charge in [-0.25, -0.2) is 9.29 Å².